The van der Waals surface area contributed by atoms with Crippen LogP contribution in [0.1, 0.15) is 0 Å². The minimum Gasteiger partial charge on any atom is -0.248 e. The van der Waals surface area contributed by atoms with Gasteiger partial charge in [0.25, 0.3) is 0 Å². The van der Waals surface area contributed by atoms with Crippen LogP contribution in [-0.4, -0.2) is 0 Å². The Bertz CT molecular complexity index is 395. The van der Waals surface area contributed by atoms with E-state index < -0.39 is 0 Å². The van der Waals surface area contributed by atoms with Crippen molar-refractivity contribution in [3.05, 3.63) is 52.8 Å². The second kappa shape index (κ2) is 2.57. The van der Waals surface area contributed by atoms with Gasteiger partial charge in [-0.05, 0) is 18.2 Å². The van der Waals surface area contributed by atoms with Crippen molar-refractivity contribution >= 4 is 6.08 Å². The van der Waals surface area contributed by atoms with E-state index in [2.05, 4.69) is 10.7 Å². The summed E-state index contributed by atoms with van der Waals surface area (Å²) in [5.74, 6) is 0. The van der Waals surface area contributed by atoms with Gasteiger partial charge in [-0.25, -0.2) is 4.99 Å². The van der Waals surface area contributed by atoms with Crippen LogP contribution in [0.15, 0.2) is 47.3 Å². The molecule has 1 aromatic carbocycles. The summed E-state index contributed by atoms with van der Waals surface area (Å²) in [6, 6.07) is 8.01. The lowest BCUT2D eigenvalue weighted by atomic mass is 10.3. The molecule has 0 saturated heterocycles. The average molecular weight is 141 g/mol. The van der Waals surface area contributed by atoms with E-state index in [0.29, 0.717) is 0 Å². The predicted molar refractivity (Wildman–Crippen MR) is 44.3 cm³/mol. The van der Waals surface area contributed by atoms with Gasteiger partial charge in [-0.3, -0.25) is 0 Å². The maximum atomic E-state index is 4.19. The lowest BCUT2D eigenvalue weighted by Crippen LogP contribution is -2.22. The van der Waals surface area contributed by atoms with Crippen LogP contribution in [0.5, 0.6) is 0 Å². The van der Waals surface area contributed by atoms with E-state index in [0.717, 1.165) is 10.6 Å². The van der Waals surface area contributed by atoms with Crippen LogP contribution in [0.4, 0.5) is 0 Å². The highest BCUT2D eigenvalue weighted by Gasteiger charge is 1.83. The second-order valence-electron chi connectivity index (χ2n) is 2.32. The van der Waals surface area contributed by atoms with E-state index in [1.807, 2.05) is 36.4 Å². The third-order valence-electron chi connectivity index (χ3n) is 1.57. The van der Waals surface area contributed by atoms with Crippen LogP contribution < -0.4 is 10.6 Å². The Morgan fingerprint density at radius 2 is 2.09 bits per heavy atom. The van der Waals surface area contributed by atoms with Crippen molar-refractivity contribution in [2.45, 2.75) is 0 Å². The van der Waals surface area contributed by atoms with Crippen molar-refractivity contribution in [3.63, 3.8) is 0 Å². The Labute approximate surface area is 64.7 Å². The number of hydrogen-bond acceptors (Lipinski definition) is 1. The van der Waals surface area contributed by atoms with Crippen molar-refractivity contribution < 1.29 is 0 Å². The number of benzene rings is 1. The monoisotopic (exact) mass is 141 g/mol. The fraction of sp³-hybridized carbons (Fsp3) is 0. The van der Waals surface area contributed by atoms with E-state index in [-0.39, 0.29) is 0 Å². The smallest absolute Gasteiger partial charge is 0.0709 e. The normalized spacial score (nSPS) is 12.7. The minimum atomic E-state index is 1.01. The fourth-order valence-corrected chi connectivity index (χ4v) is 1.03. The Morgan fingerprint density at radius 1 is 1.18 bits per heavy atom. The van der Waals surface area contributed by atoms with Crippen LogP contribution >= 0.6 is 0 Å². The maximum absolute atomic E-state index is 4.19. The van der Waals surface area contributed by atoms with Crippen LogP contribution in [0.2, 0.25) is 0 Å². The summed E-state index contributed by atoms with van der Waals surface area (Å²) >= 11 is 0. The minimum absolute atomic E-state index is 1.01. The molecule has 1 aromatic rings. The lowest BCUT2D eigenvalue weighted by Gasteiger charge is -1.83. The van der Waals surface area contributed by atoms with Gasteiger partial charge in [0.05, 0.1) is 11.6 Å². The Balaban J connectivity index is 2.91. The molecule has 0 aliphatic carbocycles. The highest BCUT2D eigenvalue weighted by atomic mass is 14.7. The maximum Gasteiger partial charge on any atom is 0.0709 e. The average Bonchev–Trinajstić information content (AvgIpc) is 2.28. The topological polar surface area (TPSA) is 12.4 Å². The first-order valence-corrected chi connectivity index (χ1v) is 3.51. The summed E-state index contributed by atoms with van der Waals surface area (Å²) in [5.41, 5.74) is 2.92. The zero-order valence-electron chi connectivity index (χ0n) is 5.99. The molecule has 2 rings (SSSR count). The van der Waals surface area contributed by atoms with Crippen molar-refractivity contribution in [2.75, 3.05) is 0 Å². The zero-order chi connectivity index (χ0) is 7.52. The second-order valence-corrected chi connectivity index (χ2v) is 2.32. The van der Waals surface area contributed by atoms with Gasteiger partial charge >= 0.3 is 0 Å². The molecule has 0 unspecified atom stereocenters. The summed E-state index contributed by atoms with van der Waals surface area (Å²) in [7, 11) is 0. The number of nitrogens with zero attached hydrogens (tertiary/aromatic N) is 1. The van der Waals surface area contributed by atoms with E-state index in [1.54, 1.807) is 6.20 Å². The van der Waals surface area contributed by atoms with Crippen molar-refractivity contribution in [2.24, 2.45) is 4.99 Å². The number of allylic oxidation sites excluding steroid dienone is 1. The molecule has 0 fully saturated rings. The molecule has 0 atom stereocenters. The highest BCUT2D eigenvalue weighted by molar-refractivity contribution is 5.36. The van der Waals surface area contributed by atoms with Gasteiger partial charge in [0.15, 0.2) is 0 Å². The van der Waals surface area contributed by atoms with Crippen molar-refractivity contribution in [1.82, 2.24) is 0 Å². The summed E-state index contributed by atoms with van der Waals surface area (Å²) in [6.07, 6.45) is 5.56. The largest absolute Gasteiger partial charge is 0.248 e. The van der Waals surface area contributed by atoms with Gasteiger partial charge in [-0.15, -0.1) is 5.73 Å². The molecule has 1 aliphatic heterocycles. The van der Waals surface area contributed by atoms with Crippen molar-refractivity contribution in [1.29, 1.82) is 0 Å². The molecule has 1 heteroatoms. The Morgan fingerprint density at radius 3 is 3.09 bits per heavy atom. The van der Waals surface area contributed by atoms with Crippen LogP contribution in [0, 0.1) is 0 Å². The SMILES string of the molecule is C1=CC=c2ccccc2=NC=1. The first-order chi connectivity index (χ1) is 5.47. The van der Waals surface area contributed by atoms with Gasteiger partial charge in [-0.2, -0.15) is 0 Å². The molecule has 0 radical (unpaired) electrons. The molecule has 52 valence electrons. The molecule has 11 heavy (non-hydrogen) atoms. The van der Waals surface area contributed by atoms with E-state index in [4.69, 9.17) is 0 Å². The number of fused-ring (bicyclic) bond motifs is 1. The summed E-state index contributed by atoms with van der Waals surface area (Å²) in [6.45, 7) is 0. The van der Waals surface area contributed by atoms with Crippen LogP contribution in [0.3, 0.4) is 0 Å². The molecular formula is C10H7N. The standard InChI is InChI=1S/C10H7N/c1-2-7-10-9(5-1)6-3-4-8-11-10/h1-3,5-8H. The van der Waals surface area contributed by atoms with E-state index >= 15 is 0 Å². The first kappa shape index (κ1) is 6.14. The van der Waals surface area contributed by atoms with E-state index in [1.165, 1.54) is 0 Å². The molecule has 1 nitrogen and oxygen atoms in total. The third kappa shape index (κ3) is 1.14. The zero-order valence-corrected chi connectivity index (χ0v) is 5.99. The Hall–Kier alpha value is -1.59. The molecule has 0 spiro atoms. The van der Waals surface area contributed by atoms with Crippen LogP contribution in [0.25, 0.3) is 6.08 Å². The summed E-state index contributed by atoms with van der Waals surface area (Å²) in [5, 5.41) is 2.16. The van der Waals surface area contributed by atoms with Crippen molar-refractivity contribution in [3.8, 4) is 0 Å². The molecule has 0 aromatic heterocycles. The molecule has 1 heterocycles. The van der Waals surface area contributed by atoms with Gasteiger partial charge in [0, 0.05) is 5.22 Å². The first-order valence-electron chi connectivity index (χ1n) is 3.51. The molecule has 1 aliphatic rings. The number of para-hydroxylation sites is 1. The van der Waals surface area contributed by atoms with Gasteiger partial charge < -0.3 is 0 Å². The molecule has 0 bridgehead atoms. The number of hydrogen-bond donors (Lipinski definition) is 0. The highest BCUT2D eigenvalue weighted by Crippen LogP contribution is 1.78. The third-order valence-corrected chi connectivity index (χ3v) is 1.57. The molecule has 0 saturated carbocycles. The van der Waals surface area contributed by atoms with E-state index in [9.17, 15) is 0 Å². The molecule has 0 amide bonds. The number of rotatable bonds is 0. The Kier molecular flexibility index (Phi) is 1.43. The van der Waals surface area contributed by atoms with Gasteiger partial charge in [0.1, 0.15) is 0 Å². The van der Waals surface area contributed by atoms with Crippen LogP contribution in [-0.2, 0) is 0 Å². The summed E-state index contributed by atoms with van der Waals surface area (Å²) in [4.78, 5) is 4.19. The van der Waals surface area contributed by atoms with Gasteiger partial charge in [-0.1, -0.05) is 18.2 Å². The molecule has 0 N–H and O–H groups in total. The lowest BCUT2D eigenvalue weighted by molar-refractivity contribution is 1.32. The quantitative estimate of drug-likeness (QED) is 0.473. The summed E-state index contributed by atoms with van der Waals surface area (Å²) < 4.78 is 0. The fourth-order valence-electron chi connectivity index (χ4n) is 1.03. The van der Waals surface area contributed by atoms with Gasteiger partial charge in [0.2, 0.25) is 0 Å². The molecular weight excluding hydrogens is 134 g/mol. The predicted octanol–water partition coefficient (Wildman–Crippen LogP) is 0.769.